The van der Waals surface area contributed by atoms with Crippen molar-refractivity contribution >= 4 is 44.8 Å². The van der Waals surface area contributed by atoms with Crippen LogP contribution < -0.4 is 10.0 Å². The first-order valence-electron chi connectivity index (χ1n) is 8.33. The van der Waals surface area contributed by atoms with E-state index in [-0.39, 0.29) is 33.2 Å². The molecule has 0 bridgehead atoms. The molecule has 2 aromatic rings. The van der Waals surface area contributed by atoms with Crippen molar-refractivity contribution in [2.45, 2.75) is 23.8 Å². The van der Waals surface area contributed by atoms with E-state index in [0.717, 1.165) is 12.8 Å². The quantitative estimate of drug-likeness (QED) is 0.734. The fraction of sp³-hybridized carbons (Fsp3) is 0.278. The van der Waals surface area contributed by atoms with E-state index in [2.05, 4.69) is 10.0 Å². The number of halogens is 2. The number of ether oxygens (including phenoxy) is 1. The van der Waals surface area contributed by atoms with Gasteiger partial charge in [0.25, 0.3) is 15.9 Å². The molecule has 0 aromatic heterocycles. The Kier molecular flexibility index (Phi) is 6.26. The Morgan fingerprint density at radius 1 is 1.15 bits per heavy atom. The van der Waals surface area contributed by atoms with E-state index in [9.17, 15) is 13.2 Å². The number of sulfonamides is 1. The molecule has 9 heteroatoms. The SMILES string of the molecule is O=C(NC[C@H]1CCCO1)c1cc(NS(=O)(=O)c2ccc(Cl)cc2)ccc1Cl. The molecule has 0 saturated carbocycles. The lowest BCUT2D eigenvalue weighted by molar-refractivity contribution is 0.0858. The van der Waals surface area contributed by atoms with Crippen molar-refractivity contribution in [2.75, 3.05) is 17.9 Å². The number of carbonyl (C=O) groups excluding carboxylic acids is 1. The number of anilines is 1. The van der Waals surface area contributed by atoms with Crippen molar-refractivity contribution in [3.05, 3.63) is 58.1 Å². The lowest BCUT2D eigenvalue weighted by Crippen LogP contribution is -2.32. The molecule has 0 radical (unpaired) electrons. The third kappa shape index (κ3) is 5.13. The summed E-state index contributed by atoms with van der Waals surface area (Å²) < 4.78 is 32.9. The van der Waals surface area contributed by atoms with Crippen molar-refractivity contribution in [1.82, 2.24) is 5.32 Å². The molecule has 0 spiro atoms. The Labute approximate surface area is 167 Å². The van der Waals surface area contributed by atoms with E-state index in [1.165, 1.54) is 42.5 Å². The van der Waals surface area contributed by atoms with Crippen molar-refractivity contribution in [3.8, 4) is 0 Å². The van der Waals surface area contributed by atoms with E-state index >= 15 is 0 Å². The van der Waals surface area contributed by atoms with Crippen molar-refractivity contribution < 1.29 is 17.9 Å². The fourth-order valence-corrected chi connectivity index (χ4v) is 4.08. The van der Waals surface area contributed by atoms with Crippen LogP contribution in [-0.4, -0.2) is 33.6 Å². The molecule has 0 aliphatic carbocycles. The molecule has 1 heterocycles. The topological polar surface area (TPSA) is 84.5 Å². The first kappa shape index (κ1) is 19.9. The van der Waals surface area contributed by atoms with E-state index in [1.54, 1.807) is 0 Å². The fourth-order valence-electron chi connectivity index (χ4n) is 2.70. The normalized spacial score (nSPS) is 16.9. The van der Waals surface area contributed by atoms with Crippen LogP contribution >= 0.6 is 23.2 Å². The molecule has 2 N–H and O–H groups in total. The monoisotopic (exact) mass is 428 g/mol. The summed E-state index contributed by atoms with van der Waals surface area (Å²) in [6.45, 7) is 1.08. The second-order valence-corrected chi connectivity index (χ2v) is 8.63. The Morgan fingerprint density at radius 3 is 2.56 bits per heavy atom. The third-order valence-electron chi connectivity index (χ3n) is 4.10. The molecule has 6 nitrogen and oxygen atoms in total. The average Bonchev–Trinajstić information content (AvgIpc) is 3.15. The van der Waals surface area contributed by atoms with Crippen molar-refractivity contribution in [2.24, 2.45) is 0 Å². The second-order valence-electron chi connectivity index (χ2n) is 6.10. The van der Waals surface area contributed by atoms with Gasteiger partial charge in [0.15, 0.2) is 0 Å². The largest absolute Gasteiger partial charge is 0.376 e. The summed E-state index contributed by atoms with van der Waals surface area (Å²) in [5.41, 5.74) is 0.419. The highest BCUT2D eigenvalue weighted by atomic mass is 35.5. The summed E-state index contributed by atoms with van der Waals surface area (Å²) in [6, 6.07) is 10.1. The molecule has 1 atom stereocenters. The Morgan fingerprint density at radius 2 is 1.89 bits per heavy atom. The first-order chi connectivity index (χ1) is 12.8. The van der Waals surface area contributed by atoms with Crippen LogP contribution in [0.4, 0.5) is 5.69 Å². The molecule has 3 rings (SSSR count). The second kappa shape index (κ2) is 8.48. The minimum Gasteiger partial charge on any atom is -0.376 e. The van der Waals surface area contributed by atoms with Gasteiger partial charge < -0.3 is 10.1 Å². The van der Waals surface area contributed by atoms with Gasteiger partial charge in [-0.2, -0.15) is 0 Å². The maximum absolute atomic E-state index is 12.5. The van der Waals surface area contributed by atoms with Gasteiger partial charge in [-0.3, -0.25) is 9.52 Å². The zero-order valence-corrected chi connectivity index (χ0v) is 16.6. The molecule has 27 heavy (non-hydrogen) atoms. The number of rotatable bonds is 6. The minimum absolute atomic E-state index is 0.000634. The van der Waals surface area contributed by atoms with Crippen LogP contribution in [0.25, 0.3) is 0 Å². The van der Waals surface area contributed by atoms with Crippen LogP contribution in [0, 0.1) is 0 Å². The maximum Gasteiger partial charge on any atom is 0.261 e. The maximum atomic E-state index is 12.5. The van der Waals surface area contributed by atoms with Crippen molar-refractivity contribution in [1.29, 1.82) is 0 Å². The summed E-state index contributed by atoms with van der Waals surface area (Å²) in [5.74, 6) is -0.386. The number of nitrogens with one attached hydrogen (secondary N) is 2. The smallest absolute Gasteiger partial charge is 0.261 e. The number of hydrogen-bond donors (Lipinski definition) is 2. The van der Waals surface area contributed by atoms with Crippen LogP contribution in [-0.2, 0) is 14.8 Å². The number of hydrogen-bond acceptors (Lipinski definition) is 4. The first-order valence-corrected chi connectivity index (χ1v) is 10.6. The summed E-state index contributed by atoms with van der Waals surface area (Å²) in [6.07, 6.45) is 1.87. The van der Waals surface area contributed by atoms with Gasteiger partial charge in [-0.05, 0) is 55.3 Å². The van der Waals surface area contributed by atoms with Gasteiger partial charge in [-0.25, -0.2) is 8.42 Å². The molecular weight excluding hydrogens is 411 g/mol. The van der Waals surface area contributed by atoms with Crippen LogP contribution in [0.5, 0.6) is 0 Å². The predicted molar refractivity (Wildman–Crippen MR) is 105 cm³/mol. The molecule has 144 valence electrons. The Bertz CT molecular complexity index is 927. The van der Waals surface area contributed by atoms with Gasteiger partial charge >= 0.3 is 0 Å². The van der Waals surface area contributed by atoms with Crippen LogP contribution in [0.3, 0.4) is 0 Å². The Hall–Kier alpha value is -1.80. The number of amides is 1. The molecule has 1 aliphatic heterocycles. The Balaban J connectivity index is 1.74. The van der Waals surface area contributed by atoms with Gasteiger partial charge in [0.1, 0.15) is 0 Å². The van der Waals surface area contributed by atoms with Crippen LogP contribution in [0.2, 0.25) is 10.0 Å². The highest BCUT2D eigenvalue weighted by Gasteiger charge is 2.19. The minimum atomic E-state index is -3.81. The molecule has 1 saturated heterocycles. The van der Waals surface area contributed by atoms with E-state index in [0.29, 0.717) is 18.2 Å². The van der Waals surface area contributed by atoms with Gasteiger partial charge in [-0.15, -0.1) is 0 Å². The van der Waals surface area contributed by atoms with Gasteiger partial charge in [-0.1, -0.05) is 23.2 Å². The lowest BCUT2D eigenvalue weighted by Gasteiger charge is -2.13. The van der Waals surface area contributed by atoms with Gasteiger partial charge in [0, 0.05) is 23.9 Å². The van der Waals surface area contributed by atoms with Gasteiger partial charge in [0.2, 0.25) is 0 Å². The summed E-state index contributed by atoms with van der Waals surface area (Å²) in [5, 5.41) is 3.44. The van der Waals surface area contributed by atoms with E-state index in [1.807, 2.05) is 0 Å². The highest BCUT2D eigenvalue weighted by molar-refractivity contribution is 7.92. The summed E-state index contributed by atoms with van der Waals surface area (Å²) >= 11 is 11.9. The summed E-state index contributed by atoms with van der Waals surface area (Å²) in [4.78, 5) is 12.5. The molecular formula is C18H18Cl2N2O4S. The summed E-state index contributed by atoms with van der Waals surface area (Å²) in [7, 11) is -3.81. The molecule has 2 aromatic carbocycles. The predicted octanol–water partition coefficient (Wildman–Crippen LogP) is 3.70. The standard InChI is InChI=1S/C18H18Cl2N2O4S/c19-12-3-6-15(7-4-12)27(24,25)22-13-5-8-17(20)16(10-13)18(23)21-11-14-2-1-9-26-14/h3-8,10,14,22H,1-2,9,11H2,(H,21,23)/t14-/m1/s1. The van der Waals surface area contributed by atoms with Crippen LogP contribution in [0.15, 0.2) is 47.4 Å². The van der Waals surface area contributed by atoms with Crippen molar-refractivity contribution in [3.63, 3.8) is 0 Å². The van der Waals surface area contributed by atoms with E-state index in [4.69, 9.17) is 27.9 Å². The molecule has 1 aliphatic rings. The average molecular weight is 429 g/mol. The molecule has 0 unspecified atom stereocenters. The number of benzene rings is 2. The third-order valence-corrected chi connectivity index (χ3v) is 6.08. The van der Waals surface area contributed by atoms with Crippen LogP contribution in [0.1, 0.15) is 23.2 Å². The van der Waals surface area contributed by atoms with E-state index < -0.39 is 10.0 Å². The van der Waals surface area contributed by atoms with Gasteiger partial charge in [0.05, 0.1) is 21.6 Å². The lowest BCUT2D eigenvalue weighted by atomic mass is 10.2. The highest BCUT2D eigenvalue weighted by Crippen LogP contribution is 2.24. The molecule has 1 amide bonds. The zero-order chi connectivity index (χ0) is 19.4. The molecule has 1 fully saturated rings. The zero-order valence-electron chi connectivity index (χ0n) is 14.2. The number of carbonyl (C=O) groups is 1.